The SMILES string of the molecule is COCCOc1ccc([C@@H](C)NC(=O)c2cnccn2)cc1OC. The maximum absolute atomic E-state index is 12.1. The van der Waals surface area contributed by atoms with Gasteiger partial charge < -0.3 is 19.5 Å². The number of carbonyl (C=O) groups excluding carboxylic acids is 1. The van der Waals surface area contributed by atoms with E-state index < -0.39 is 0 Å². The van der Waals surface area contributed by atoms with Crippen molar-refractivity contribution < 1.29 is 19.0 Å². The predicted octanol–water partition coefficient (Wildman–Crippen LogP) is 2.00. The summed E-state index contributed by atoms with van der Waals surface area (Å²) >= 11 is 0. The molecule has 0 fully saturated rings. The molecule has 0 aliphatic heterocycles. The van der Waals surface area contributed by atoms with Gasteiger partial charge in [-0.15, -0.1) is 0 Å². The standard InChI is InChI=1S/C17H21N3O4/c1-12(20-17(21)14-11-18-6-7-19-14)13-4-5-15(16(10-13)23-3)24-9-8-22-2/h4-7,10-12H,8-9H2,1-3H3,(H,20,21)/t12-/m1/s1. The minimum Gasteiger partial charge on any atom is -0.493 e. The first kappa shape index (κ1) is 17.7. The first-order valence-electron chi connectivity index (χ1n) is 7.52. The summed E-state index contributed by atoms with van der Waals surface area (Å²) in [6.45, 7) is 2.81. The van der Waals surface area contributed by atoms with Gasteiger partial charge in [0, 0.05) is 19.5 Å². The van der Waals surface area contributed by atoms with E-state index in [1.807, 2.05) is 25.1 Å². The number of carbonyl (C=O) groups is 1. The Bertz CT molecular complexity index is 664. The van der Waals surface area contributed by atoms with Crippen molar-refractivity contribution in [3.63, 3.8) is 0 Å². The third-order valence-electron chi connectivity index (χ3n) is 3.38. The van der Waals surface area contributed by atoms with Gasteiger partial charge in [-0.1, -0.05) is 6.07 Å². The molecule has 7 nitrogen and oxygen atoms in total. The van der Waals surface area contributed by atoms with Crippen LogP contribution in [-0.2, 0) is 4.74 Å². The van der Waals surface area contributed by atoms with Crippen LogP contribution < -0.4 is 14.8 Å². The van der Waals surface area contributed by atoms with E-state index in [0.717, 1.165) is 5.56 Å². The zero-order valence-electron chi connectivity index (χ0n) is 14.0. The molecule has 1 amide bonds. The normalized spacial score (nSPS) is 11.6. The molecule has 1 aromatic carbocycles. The molecule has 1 heterocycles. The van der Waals surface area contributed by atoms with Gasteiger partial charge in [-0.05, 0) is 24.6 Å². The van der Waals surface area contributed by atoms with Crippen LogP contribution in [0, 0.1) is 0 Å². The predicted molar refractivity (Wildman–Crippen MR) is 88.3 cm³/mol. The Morgan fingerprint density at radius 3 is 2.71 bits per heavy atom. The van der Waals surface area contributed by atoms with Crippen molar-refractivity contribution in [2.24, 2.45) is 0 Å². The van der Waals surface area contributed by atoms with Gasteiger partial charge >= 0.3 is 0 Å². The van der Waals surface area contributed by atoms with E-state index >= 15 is 0 Å². The molecule has 0 bridgehead atoms. The molecule has 1 atom stereocenters. The maximum atomic E-state index is 12.1. The Morgan fingerprint density at radius 2 is 2.04 bits per heavy atom. The number of hydrogen-bond acceptors (Lipinski definition) is 6. The Kier molecular flexibility index (Phi) is 6.51. The summed E-state index contributed by atoms with van der Waals surface area (Å²) in [6.07, 6.45) is 4.43. The number of ether oxygens (including phenoxy) is 3. The zero-order valence-corrected chi connectivity index (χ0v) is 14.0. The number of benzene rings is 1. The zero-order chi connectivity index (χ0) is 17.4. The third kappa shape index (κ3) is 4.66. The van der Waals surface area contributed by atoms with Crippen molar-refractivity contribution in [3.8, 4) is 11.5 Å². The van der Waals surface area contributed by atoms with Crippen LogP contribution >= 0.6 is 0 Å². The fraction of sp³-hybridized carbons (Fsp3) is 0.353. The van der Waals surface area contributed by atoms with Crippen LogP contribution in [0.5, 0.6) is 11.5 Å². The topological polar surface area (TPSA) is 82.6 Å². The Morgan fingerprint density at radius 1 is 1.21 bits per heavy atom. The van der Waals surface area contributed by atoms with E-state index in [1.165, 1.54) is 18.6 Å². The summed E-state index contributed by atoms with van der Waals surface area (Å²) in [4.78, 5) is 20.0. The lowest BCUT2D eigenvalue weighted by Gasteiger charge is -2.17. The van der Waals surface area contributed by atoms with Crippen molar-refractivity contribution in [3.05, 3.63) is 48.0 Å². The molecule has 2 aromatic rings. The number of rotatable bonds is 8. The van der Waals surface area contributed by atoms with Crippen molar-refractivity contribution >= 4 is 5.91 Å². The summed E-state index contributed by atoms with van der Waals surface area (Å²) < 4.78 is 15.9. The molecule has 2 rings (SSSR count). The lowest BCUT2D eigenvalue weighted by molar-refractivity contribution is 0.0934. The van der Waals surface area contributed by atoms with Crippen LogP contribution in [0.1, 0.15) is 29.0 Å². The highest BCUT2D eigenvalue weighted by Gasteiger charge is 2.15. The smallest absolute Gasteiger partial charge is 0.271 e. The van der Waals surface area contributed by atoms with Gasteiger partial charge in [0.1, 0.15) is 12.3 Å². The fourth-order valence-corrected chi connectivity index (χ4v) is 2.08. The maximum Gasteiger partial charge on any atom is 0.271 e. The van der Waals surface area contributed by atoms with Crippen LogP contribution in [0.3, 0.4) is 0 Å². The lowest BCUT2D eigenvalue weighted by Crippen LogP contribution is -2.27. The molecule has 0 aliphatic rings. The Labute approximate surface area is 141 Å². The number of nitrogens with one attached hydrogen (secondary N) is 1. The monoisotopic (exact) mass is 331 g/mol. The number of aromatic nitrogens is 2. The van der Waals surface area contributed by atoms with E-state index in [-0.39, 0.29) is 17.6 Å². The summed E-state index contributed by atoms with van der Waals surface area (Å²) in [7, 11) is 3.19. The molecule has 0 spiro atoms. The van der Waals surface area contributed by atoms with E-state index in [0.29, 0.717) is 24.7 Å². The highest BCUT2D eigenvalue weighted by atomic mass is 16.5. The average Bonchev–Trinajstić information content (AvgIpc) is 2.62. The number of hydrogen-bond donors (Lipinski definition) is 1. The van der Waals surface area contributed by atoms with E-state index in [9.17, 15) is 4.79 Å². The molecule has 1 N–H and O–H groups in total. The Balaban J connectivity index is 2.06. The van der Waals surface area contributed by atoms with Gasteiger partial charge in [-0.25, -0.2) is 4.98 Å². The molecule has 0 radical (unpaired) electrons. The molecule has 1 aromatic heterocycles. The molecule has 0 saturated heterocycles. The van der Waals surface area contributed by atoms with Crippen LogP contribution in [0.4, 0.5) is 0 Å². The van der Waals surface area contributed by atoms with Crippen LogP contribution in [0.15, 0.2) is 36.8 Å². The summed E-state index contributed by atoms with van der Waals surface area (Å²) in [6, 6.07) is 5.31. The summed E-state index contributed by atoms with van der Waals surface area (Å²) in [5.74, 6) is 0.949. The molecule has 7 heteroatoms. The fourth-order valence-electron chi connectivity index (χ4n) is 2.08. The first-order chi connectivity index (χ1) is 11.7. The summed E-state index contributed by atoms with van der Waals surface area (Å²) in [5.41, 5.74) is 1.17. The van der Waals surface area contributed by atoms with Gasteiger partial charge in [0.15, 0.2) is 11.5 Å². The highest BCUT2D eigenvalue weighted by Crippen LogP contribution is 2.30. The molecular formula is C17H21N3O4. The molecule has 128 valence electrons. The minimum atomic E-state index is -0.282. The average molecular weight is 331 g/mol. The lowest BCUT2D eigenvalue weighted by atomic mass is 10.1. The molecule has 0 aliphatic carbocycles. The Hall–Kier alpha value is -2.67. The van der Waals surface area contributed by atoms with Crippen LogP contribution in [0.25, 0.3) is 0 Å². The first-order valence-corrected chi connectivity index (χ1v) is 7.52. The second-order valence-corrected chi connectivity index (χ2v) is 5.04. The van der Waals surface area contributed by atoms with E-state index in [2.05, 4.69) is 15.3 Å². The van der Waals surface area contributed by atoms with Gasteiger partial charge in [0.2, 0.25) is 0 Å². The van der Waals surface area contributed by atoms with Gasteiger partial charge in [0.25, 0.3) is 5.91 Å². The largest absolute Gasteiger partial charge is 0.493 e. The third-order valence-corrected chi connectivity index (χ3v) is 3.38. The van der Waals surface area contributed by atoms with Crippen molar-refractivity contribution in [1.29, 1.82) is 0 Å². The van der Waals surface area contributed by atoms with Crippen LogP contribution in [0.2, 0.25) is 0 Å². The van der Waals surface area contributed by atoms with E-state index in [4.69, 9.17) is 14.2 Å². The van der Waals surface area contributed by atoms with Crippen molar-refractivity contribution in [2.45, 2.75) is 13.0 Å². The molecule has 0 saturated carbocycles. The molecule has 24 heavy (non-hydrogen) atoms. The minimum absolute atomic E-state index is 0.221. The number of amides is 1. The van der Waals surface area contributed by atoms with Crippen molar-refractivity contribution in [1.82, 2.24) is 15.3 Å². The number of methoxy groups -OCH3 is 2. The molecule has 0 unspecified atom stereocenters. The van der Waals surface area contributed by atoms with Crippen molar-refractivity contribution in [2.75, 3.05) is 27.4 Å². The second-order valence-electron chi connectivity index (χ2n) is 5.04. The highest BCUT2D eigenvalue weighted by molar-refractivity contribution is 5.92. The van der Waals surface area contributed by atoms with Gasteiger partial charge in [0.05, 0.1) is 26.0 Å². The quantitative estimate of drug-likeness (QED) is 0.745. The summed E-state index contributed by atoms with van der Waals surface area (Å²) in [5, 5.41) is 2.88. The number of nitrogens with zero attached hydrogens (tertiary/aromatic N) is 2. The van der Waals surface area contributed by atoms with Gasteiger partial charge in [-0.2, -0.15) is 0 Å². The van der Waals surface area contributed by atoms with Gasteiger partial charge in [-0.3, -0.25) is 9.78 Å². The van der Waals surface area contributed by atoms with E-state index in [1.54, 1.807) is 14.2 Å². The second kappa shape index (κ2) is 8.83. The van der Waals surface area contributed by atoms with Crippen LogP contribution in [-0.4, -0.2) is 43.3 Å². The molecular weight excluding hydrogens is 310 g/mol.